The Morgan fingerprint density at radius 1 is 1.26 bits per heavy atom. The summed E-state index contributed by atoms with van der Waals surface area (Å²) < 4.78 is 1.90. The molecule has 0 aromatic carbocycles. The highest BCUT2D eigenvalue weighted by molar-refractivity contribution is 6.05. The zero-order valence-corrected chi connectivity index (χ0v) is 15.8. The molecule has 1 aliphatic rings. The van der Waals surface area contributed by atoms with Crippen LogP contribution in [0.15, 0.2) is 54.0 Å². The Labute approximate surface area is 158 Å². The lowest BCUT2D eigenvalue weighted by Gasteiger charge is -2.27. The molecule has 4 heterocycles. The van der Waals surface area contributed by atoms with Crippen molar-refractivity contribution in [2.75, 3.05) is 0 Å². The Balaban J connectivity index is 1.68. The zero-order valence-electron chi connectivity index (χ0n) is 15.8. The fourth-order valence-corrected chi connectivity index (χ4v) is 3.32. The highest BCUT2D eigenvalue weighted by Gasteiger charge is 2.27. The van der Waals surface area contributed by atoms with Gasteiger partial charge in [-0.05, 0) is 35.7 Å². The van der Waals surface area contributed by atoms with Crippen LogP contribution in [0.1, 0.15) is 49.9 Å². The van der Waals surface area contributed by atoms with E-state index in [1.807, 2.05) is 29.8 Å². The van der Waals surface area contributed by atoms with Gasteiger partial charge in [0.2, 0.25) is 5.91 Å². The van der Waals surface area contributed by atoms with Crippen molar-refractivity contribution in [3.63, 3.8) is 0 Å². The average molecular weight is 361 g/mol. The molecule has 0 saturated heterocycles. The van der Waals surface area contributed by atoms with Crippen LogP contribution < -0.4 is 0 Å². The Bertz CT molecular complexity index is 1010. The molecular formula is C21H23N5O. The summed E-state index contributed by atoms with van der Waals surface area (Å²) in [6, 6.07) is 10.1. The standard InChI is InChI=1S/C21H23N5O/c1-14(2)19-10-18-7-6-17(13-25(18)23-19)21-15(3)9-20(27)26(24-21)12-16-5-4-8-22-11-16/h4-8,10-11,13-15H,9,12H2,1-3H3. The first-order valence-corrected chi connectivity index (χ1v) is 9.28. The van der Waals surface area contributed by atoms with Crippen molar-refractivity contribution in [3.8, 4) is 0 Å². The predicted molar refractivity (Wildman–Crippen MR) is 104 cm³/mol. The van der Waals surface area contributed by atoms with Gasteiger partial charge in [-0.3, -0.25) is 9.78 Å². The van der Waals surface area contributed by atoms with Gasteiger partial charge in [0.1, 0.15) is 0 Å². The summed E-state index contributed by atoms with van der Waals surface area (Å²) in [7, 11) is 0. The van der Waals surface area contributed by atoms with E-state index in [1.165, 1.54) is 0 Å². The highest BCUT2D eigenvalue weighted by Crippen LogP contribution is 2.23. The number of carbonyl (C=O) groups is 1. The first-order valence-electron chi connectivity index (χ1n) is 9.28. The number of nitrogens with zero attached hydrogens (tertiary/aromatic N) is 5. The molecule has 0 N–H and O–H groups in total. The van der Waals surface area contributed by atoms with Crippen LogP contribution in [-0.2, 0) is 11.3 Å². The van der Waals surface area contributed by atoms with Gasteiger partial charge in [0.25, 0.3) is 0 Å². The number of pyridine rings is 2. The summed E-state index contributed by atoms with van der Waals surface area (Å²) in [5.74, 6) is 0.490. The van der Waals surface area contributed by atoms with Crippen molar-refractivity contribution in [1.82, 2.24) is 19.6 Å². The van der Waals surface area contributed by atoms with Gasteiger partial charge < -0.3 is 0 Å². The SMILES string of the molecule is CC1CC(=O)N(Cc2cccnc2)N=C1c1ccc2cc(C(C)C)nn2c1. The molecule has 138 valence electrons. The van der Waals surface area contributed by atoms with Crippen LogP contribution in [0.3, 0.4) is 0 Å². The van der Waals surface area contributed by atoms with E-state index in [1.54, 1.807) is 17.4 Å². The Hall–Kier alpha value is -3.02. The van der Waals surface area contributed by atoms with Crippen LogP contribution in [0.4, 0.5) is 0 Å². The highest BCUT2D eigenvalue weighted by atomic mass is 16.2. The van der Waals surface area contributed by atoms with Gasteiger partial charge in [0.05, 0.1) is 23.5 Å². The minimum Gasteiger partial charge on any atom is -0.273 e. The Morgan fingerprint density at radius 3 is 2.85 bits per heavy atom. The second kappa shape index (κ2) is 6.95. The molecule has 4 rings (SSSR count). The molecule has 1 atom stereocenters. The van der Waals surface area contributed by atoms with Gasteiger partial charge in [-0.2, -0.15) is 10.2 Å². The molecule has 0 bridgehead atoms. The molecule has 1 aliphatic heterocycles. The number of hydrogen-bond donors (Lipinski definition) is 0. The molecular weight excluding hydrogens is 338 g/mol. The molecule has 6 heteroatoms. The molecule has 0 spiro atoms. The largest absolute Gasteiger partial charge is 0.273 e. The monoisotopic (exact) mass is 361 g/mol. The number of hydrazone groups is 1. The second-order valence-electron chi connectivity index (χ2n) is 7.41. The quantitative estimate of drug-likeness (QED) is 0.713. The van der Waals surface area contributed by atoms with Crippen molar-refractivity contribution in [3.05, 3.63) is 65.7 Å². The third-order valence-corrected chi connectivity index (χ3v) is 4.88. The van der Waals surface area contributed by atoms with Gasteiger partial charge in [0.15, 0.2) is 0 Å². The topological polar surface area (TPSA) is 62.9 Å². The van der Waals surface area contributed by atoms with E-state index in [-0.39, 0.29) is 11.8 Å². The maximum Gasteiger partial charge on any atom is 0.243 e. The van der Waals surface area contributed by atoms with Crippen LogP contribution in [0.2, 0.25) is 0 Å². The third-order valence-electron chi connectivity index (χ3n) is 4.88. The molecule has 0 saturated carbocycles. The van der Waals surface area contributed by atoms with Gasteiger partial charge in [0, 0.05) is 36.5 Å². The first-order chi connectivity index (χ1) is 13.0. The second-order valence-corrected chi connectivity index (χ2v) is 7.41. The van der Waals surface area contributed by atoms with Crippen molar-refractivity contribution < 1.29 is 4.79 Å². The number of rotatable bonds is 4. The fraction of sp³-hybridized carbons (Fsp3) is 0.333. The smallest absolute Gasteiger partial charge is 0.243 e. The van der Waals surface area contributed by atoms with E-state index >= 15 is 0 Å². The van der Waals surface area contributed by atoms with Crippen molar-refractivity contribution in [2.24, 2.45) is 11.0 Å². The van der Waals surface area contributed by atoms with Crippen LogP contribution in [0.25, 0.3) is 5.52 Å². The van der Waals surface area contributed by atoms with Crippen LogP contribution in [0.5, 0.6) is 0 Å². The molecule has 3 aromatic rings. The maximum absolute atomic E-state index is 12.5. The number of fused-ring (bicyclic) bond motifs is 1. The molecule has 27 heavy (non-hydrogen) atoms. The van der Waals surface area contributed by atoms with Crippen molar-refractivity contribution >= 4 is 17.1 Å². The number of aromatic nitrogens is 3. The van der Waals surface area contributed by atoms with Crippen LogP contribution >= 0.6 is 0 Å². The molecule has 0 aliphatic carbocycles. The lowest BCUT2D eigenvalue weighted by Crippen LogP contribution is -2.36. The van der Waals surface area contributed by atoms with E-state index < -0.39 is 0 Å². The van der Waals surface area contributed by atoms with Crippen LogP contribution in [0, 0.1) is 5.92 Å². The van der Waals surface area contributed by atoms with E-state index in [0.717, 1.165) is 28.0 Å². The molecule has 6 nitrogen and oxygen atoms in total. The Morgan fingerprint density at radius 2 is 2.11 bits per heavy atom. The summed E-state index contributed by atoms with van der Waals surface area (Å²) in [6.45, 7) is 6.76. The fourth-order valence-electron chi connectivity index (χ4n) is 3.32. The van der Waals surface area contributed by atoms with Crippen LogP contribution in [-0.4, -0.2) is 31.2 Å². The van der Waals surface area contributed by atoms with E-state index in [4.69, 9.17) is 0 Å². The van der Waals surface area contributed by atoms with Crippen molar-refractivity contribution in [2.45, 2.75) is 39.7 Å². The Kier molecular flexibility index (Phi) is 4.48. The summed E-state index contributed by atoms with van der Waals surface area (Å²) in [5.41, 5.74) is 5.01. The van der Waals surface area contributed by atoms with E-state index in [2.05, 4.69) is 47.2 Å². The van der Waals surface area contributed by atoms with E-state index in [9.17, 15) is 4.79 Å². The molecule has 3 aromatic heterocycles. The zero-order chi connectivity index (χ0) is 19.0. The predicted octanol–water partition coefficient (Wildman–Crippen LogP) is 3.63. The lowest BCUT2D eigenvalue weighted by molar-refractivity contribution is -0.133. The number of carbonyl (C=O) groups excluding carboxylic acids is 1. The minimum atomic E-state index is 0.0392. The minimum absolute atomic E-state index is 0.0392. The summed E-state index contributed by atoms with van der Waals surface area (Å²) >= 11 is 0. The maximum atomic E-state index is 12.5. The van der Waals surface area contributed by atoms with Gasteiger partial charge in [-0.15, -0.1) is 0 Å². The number of amides is 1. The molecule has 0 fully saturated rings. The molecule has 1 amide bonds. The van der Waals surface area contributed by atoms with Gasteiger partial charge in [-0.25, -0.2) is 9.52 Å². The summed E-state index contributed by atoms with van der Waals surface area (Å²) in [6.07, 6.45) is 5.95. The molecule has 0 radical (unpaired) electrons. The van der Waals surface area contributed by atoms with Crippen molar-refractivity contribution in [1.29, 1.82) is 0 Å². The lowest BCUT2D eigenvalue weighted by atomic mass is 9.94. The van der Waals surface area contributed by atoms with E-state index in [0.29, 0.717) is 18.9 Å². The third kappa shape index (κ3) is 3.47. The normalized spacial score (nSPS) is 17.6. The average Bonchev–Trinajstić information content (AvgIpc) is 3.08. The first kappa shape index (κ1) is 17.4. The molecule has 1 unspecified atom stereocenters. The van der Waals surface area contributed by atoms with Gasteiger partial charge >= 0.3 is 0 Å². The summed E-state index contributed by atoms with van der Waals surface area (Å²) in [5, 5.41) is 10.9. The number of hydrogen-bond acceptors (Lipinski definition) is 4. The van der Waals surface area contributed by atoms with Gasteiger partial charge in [-0.1, -0.05) is 26.8 Å². The summed E-state index contributed by atoms with van der Waals surface area (Å²) in [4.78, 5) is 16.6.